The van der Waals surface area contributed by atoms with Gasteiger partial charge in [-0.15, -0.1) is 0 Å². The molecule has 0 saturated carbocycles. The second-order valence-electron chi connectivity index (χ2n) is 1.80. The van der Waals surface area contributed by atoms with Crippen LogP contribution < -0.4 is 5.40 Å². The molecule has 0 aliphatic carbocycles. The molecule has 0 radical (unpaired) electrons. The maximum atomic E-state index is 5.56. The van der Waals surface area contributed by atoms with Gasteiger partial charge in [-0.05, 0) is 6.92 Å². The maximum absolute atomic E-state index is 5.56. The molecule has 2 nitrogen and oxygen atoms in total. The zero-order valence-corrected chi connectivity index (χ0v) is 6.29. The topological polar surface area (TPSA) is 35.2 Å². The Kier molecular flexibility index (Phi) is 3.24. The van der Waals surface area contributed by atoms with Crippen LogP contribution in [0.15, 0.2) is 0 Å². The van der Waals surface area contributed by atoms with E-state index in [1.165, 1.54) is 0 Å². The highest BCUT2D eigenvalue weighted by molar-refractivity contribution is 6.54. The van der Waals surface area contributed by atoms with Gasteiger partial charge in [-0.2, -0.15) is 0 Å². The molecule has 0 aliphatic rings. The van der Waals surface area contributed by atoms with Gasteiger partial charge in [-0.25, -0.2) is 0 Å². The molecule has 0 spiro atoms. The van der Waals surface area contributed by atoms with Crippen molar-refractivity contribution >= 4 is 8.96 Å². The monoisotopic (exact) mass is 119 g/mol. The average Bonchev–Trinajstić information content (AvgIpc) is 1.65. The third kappa shape index (κ3) is 2.79. The summed E-state index contributed by atoms with van der Waals surface area (Å²) in [5.41, 5.74) is 0.319. The zero-order valence-electron chi connectivity index (χ0n) is 5.14. The summed E-state index contributed by atoms with van der Waals surface area (Å²) in [5, 5.41) is 5.56. The van der Waals surface area contributed by atoms with Crippen LogP contribution in [0.2, 0.25) is 6.55 Å². The molecular formula is C4H13NOSi. The van der Waals surface area contributed by atoms with Gasteiger partial charge in [0, 0.05) is 7.11 Å². The molecule has 0 heterocycles. The van der Waals surface area contributed by atoms with Gasteiger partial charge in [0.25, 0.3) is 0 Å². The summed E-state index contributed by atoms with van der Waals surface area (Å²) >= 11 is 0. The van der Waals surface area contributed by atoms with Crippen molar-refractivity contribution in [3.63, 3.8) is 0 Å². The highest BCUT2D eigenvalue weighted by Crippen LogP contribution is 1.86. The third-order valence-corrected chi connectivity index (χ3v) is 2.87. The number of rotatable bonds is 2. The summed E-state index contributed by atoms with van der Waals surface area (Å²) in [4.78, 5) is 0. The van der Waals surface area contributed by atoms with Crippen LogP contribution in [0.5, 0.6) is 0 Å². The third-order valence-electron chi connectivity index (χ3n) is 1.11. The van der Waals surface area contributed by atoms with Crippen LogP contribution in [0, 0.1) is 0 Å². The first-order chi connectivity index (χ1) is 3.18. The highest BCUT2D eigenvalue weighted by atomic mass is 28.3. The van der Waals surface area contributed by atoms with E-state index >= 15 is 0 Å². The normalized spacial score (nSPS) is 18.9. The zero-order chi connectivity index (χ0) is 5.86. The molecule has 2 N–H and O–H groups in total. The van der Waals surface area contributed by atoms with Gasteiger partial charge in [-0.3, -0.25) is 0 Å². The first kappa shape index (κ1) is 7.14. The minimum Gasteiger partial charge on any atom is -0.384 e. The quantitative estimate of drug-likeness (QED) is 0.514. The lowest BCUT2D eigenvalue weighted by Crippen LogP contribution is -2.35. The largest absolute Gasteiger partial charge is 0.384 e. The molecule has 44 valence electrons. The van der Waals surface area contributed by atoms with Crippen LogP contribution in [0.4, 0.5) is 0 Å². The molecule has 7 heavy (non-hydrogen) atoms. The fourth-order valence-corrected chi connectivity index (χ4v) is 0.644. The van der Waals surface area contributed by atoms with Crippen molar-refractivity contribution in [3.8, 4) is 0 Å². The van der Waals surface area contributed by atoms with Crippen molar-refractivity contribution in [2.45, 2.75) is 19.2 Å². The smallest absolute Gasteiger partial charge is 0.134 e. The lowest BCUT2D eigenvalue weighted by atomic mass is 10.9. The SMILES string of the molecule is COC(C)[SiH](C)N. The van der Waals surface area contributed by atoms with Gasteiger partial charge in [0.1, 0.15) is 8.96 Å². The molecular weight excluding hydrogens is 106 g/mol. The molecule has 0 amide bonds. The van der Waals surface area contributed by atoms with Gasteiger partial charge in [0.05, 0.1) is 5.73 Å². The molecule has 0 fully saturated rings. The second kappa shape index (κ2) is 3.18. The van der Waals surface area contributed by atoms with Crippen molar-refractivity contribution in [2.24, 2.45) is 5.40 Å². The van der Waals surface area contributed by atoms with Gasteiger partial charge in [-0.1, -0.05) is 6.55 Å². The molecule has 0 aromatic carbocycles. The van der Waals surface area contributed by atoms with Gasteiger partial charge in [0.15, 0.2) is 0 Å². The first-order valence-electron chi connectivity index (χ1n) is 2.47. The molecule has 3 heteroatoms. The van der Waals surface area contributed by atoms with E-state index in [1.54, 1.807) is 7.11 Å². The molecule has 0 saturated heterocycles. The van der Waals surface area contributed by atoms with Gasteiger partial charge < -0.3 is 10.1 Å². The van der Waals surface area contributed by atoms with Crippen LogP contribution in [-0.4, -0.2) is 21.8 Å². The van der Waals surface area contributed by atoms with Crippen LogP contribution in [0.1, 0.15) is 6.92 Å². The Labute approximate surface area is 46.3 Å². The van der Waals surface area contributed by atoms with Crippen LogP contribution >= 0.6 is 0 Å². The predicted octanol–water partition coefficient (Wildman–Crippen LogP) is -0.127. The number of nitrogens with two attached hydrogens (primary N) is 1. The van der Waals surface area contributed by atoms with E-state index in [0.29, 0.717) is 5.73 Å². The maximum Gasteiger partial charge on any atom is 0.134 e. The number of methoxy groups -OCH3 is 1. The van der Waals surface area contributed by atoms with E-state index in [4.69, 9.17) is 10.1 Å². The summed E-state index contributed by atoms with van der Waals surface area (Å²) in [6, 6.07) is 0. The van der Waals surface area contributed by atoms with Crippen molar-refractivity contribution in [1.29, 1.82) is 0 Å². The number of hydrogen-bond acceptors (Lipinski definition) is 2. The van der Waals surface area contributed by atoms with E-state index in [1.807, 2.05) is 6.92 Å². The fraction of sp³-hybridized carbons (Fsp3) is 1.00. The summed E-state index contributed by atoms with van der Waals surface area (Å²) in [6.07, 6.45) is 0. The molecule has 0 aliphatic heterocycles. The van der Waals surface area contributed by atoms with E-state index in [0.717, 1.165) is 0 Å². The molecule has 0 bridgehead atoms. The Morgan fingerprint density at radius 3 is 2.14 bits per heavy atom. The lowest BCUT2D eigenvalue weighted by Gasteiger charge is -2.09. The summed E-state index contributed by atoms with van der Waals surface area (Å²) < 4.78 is 4.95. The van der Waals surface area contributed by atoms with Crippen molar-refractivity contribution in [1.82, 2.24) is 0 Å². The predicted molar refractivity (Wildman–Crippen MR) is 33.7 cm³/mol. The number of hydrogen-bond donors (Lipinski definition) is 1. The minimum absolute atomic E-state index is 0.319. The highest BCUT2D eigenvalue weighted by Gasteiger charge is 2.05. The molecule has 0 rings (SSSR count). The van der Waals surface area contributed by atoms with E-state index in [2.05, 4.69) is 6.55 Å². The van der Waals surface area contributed by atoms with E-state index in [-0.39, 0.29) is 0 Å². The Morgan fingerprint density at radius 1 is 1.71 bits per heavy atom. The average molecular weight is 119 g/mol. The van der Waals surface area contributed by atoms with Gasteiger partial charge in [0.2, 0.25) is 0 Å². The summed E-state index contributed by atoms with van der Waals surface area (Å²) in [6.45, 7) is 4.07. The van der Waals surface area contributed by atoms with Crippen molar-refractivity contribution in [3.05, 3.63) is 0 Å². The van der Waals surface area contributed by atoms with Crippen LogP contribution in [0.3, 0.4) is 0 Å². The standard InChI is InChI=1S/C4H13NOSi/c1-4(6-2)7(3)5/h4,7H,5H2,1-3H3. The Bertz CT molecular complexity index is 49.0. The van der Waals surface area contributed by atoms with Gasteiger partial charge >= 0.3 is 0 Å². The Morgan fingerprint density at radius 2 is 2.14 bits per heavy atom. The minimum atomic E-state index is -0.987. The fourth-order valence-electron chi connectivity index (χ4n) is 0.215. The molecule has 2 atom stereocenters. The molecule has 0 aromatic heterocycles. The second-order valence-corrected chi connectivity index (χ2v) is 4.46. The van der Waals surface area contributed by atoms with Crippen LogP contribution in [-0.2, 0) is 4.74 Å². The van der Waals surface area contributed by atoms with Crippen LogP contribution in [0.25, 0.3) is 0 Å². The van der Waals surface area contributed by atoms with Crippen molar-refractivity contribution in [2.75, 3.05) is 7.11 Å². The van der Waals surface area contributed by atoms with E-state index < -0.39 is 8.96 Å². The van der Waals surface area contributed by atoms with Crippen molar-refractivity contribution < 1.29 is 4.74 Å². The summed E-state index contributed by atoms with van der Waals surface area (Å²) in [5.74, 6) is 0. The Hall–Kier alpha value is 0.137. The first-order valence-corrected chi connectivity index (χ1v) is 4.95. The molecule has 2 unspecified atom stereocenters. The summed E-state index contributed by atoms with van der Waals surface area (Å²) in [7, 11) is 0.709. The Balaban J connectivity index is 3.14. The number of ether oxygens (including phenoxy) is 1. The molecule has 0 aromatic rings. The van der Waals surface area contributed by atoms with E-state index in [9.17, 15) is 0 Å². The lowest BCUT2D eigenvalue weighted by molar-refractivity contribution is 0.175.